The Morgan fingerprint density at radius 2 is 2.11 bits per heavy atom. The number of fused-ring (bicyclic) bond motifs is 1. The molecule has 0 aliphatic carbocycles. The van der Waals surface area contributed by atoms with Crippen molar-refractivity contribution in [2.75, 3.05) is 11.9 Å². The number of thiazole rings is 1. The highest BCUT2D eigenvalue weighted by molar-refractivity contribution is 7.22. The van der Waals surface area contributed by atoms with Gasteiger partial charge in [0.15, 0.2) is 5.13 Å². The molecule has 3 aromatic rings. The van der Waals surface area contributed by atoms with Crippen molar-refractivity contribution in [1.82, 2.24) is 4.98 Å². The fraction of sp³-hybridized carbons (Fsp3) is 0.118. The molecule has 0 radical (unpaired) electrons. The molecule has 27 heavy (non-hydrogen) atoms. The van der Waals surface area contributed by atoms with Crippen molar-refractivity contribution in [2.24, 2.45) is 0 Å². The molecule has 0 aliphatic rings. The number of rotatable bonds is 6. The second-order valence-electron chi connectivity index (χ2n) is 5.18. The molecule has 0 fully saturated rings. The van der Waals surface area contributed by atoms with Gasteiger partial charge in [0.2, 0.25) is 5.91 Å². The molecule has 1 aromatic carbocycles. The number of carbonyl (C=O) groups excluding carboxylic acids is 2. The average Bonchev–Trinajstić information content (AvgIpc) is 3.26. The maximum absolute atomic E-state index is 12.0. The third kappa shape index (κ3) is 4.54. The number of thiophene rings is 1. The molecule has 0 unspecified atom stereocenters. The molecule has 2 aromatic heterocycles. The normalized spacial score (nSPS) is 11.0. The summed E-state index contributed by atoms with van der Waals surface area (Å²) in [6.45, 7) is 2.03. The van der Waals surface area contributed by atoms with Crippen LogP contribution in [0.3, 0.4) is 0 Å². The lowest BCUT2D eigenvalue weighted by atomic mass is 10.2. The first-order chi connectivity index (χ1) is 13.0. The van der Waals surface area contributed by atoms with Gasteiger partial charge in [-0.05, 0) is 37.3 Å². The number of nitro groups is 1. The molecule has 0 atom stereocenters. The maximum atomic E-state index is 12.0. The number of nitrogens with one attached hydrogen (secondary N) is 1. The molecule has 0 spiro atoms. The maximum Gasteiger partial charge on any atom is 0.338 e. The molecule has 1 amide bonds. The van der Waals surface area contributed by atoms with Crippen molar-refractivity contribution >= 4 is 61.0 Å². The predicted octanol–water partition coefficient (Wildman–Crippen LogP) is 4.09. The molecule has 0 aliphatic heterocycles. The zero-order chi connectivity index (χ0) is 19.4. The van der Waals surface area contributed by atoms with E-state index in [9.17, 15) is 19.7 Å². The lowest BCUT2D eigenvalue weighted by Crippen LogP contribution is -2.06. The Hall–Kier alpha value is -3.11. The molecule has 0 saturated carbocycles. The molecular formula is C17H13N3O5S2. The molecule has 138 valence electrons. The topological polar surface area (TPSA) is 111 Å². The van der Waals surface area contributed by atoms with Crippen molar-refractivity contribution in [3.05, 3.63) is 57.0 Å². The number of aromatic nitrogens is 1. The Morgan fingerprint density at radius 1 is 1.30 bits per heavy atom. The molecule has 0 bridgehead atoms. The monoisotopic (exact) mass is 403 g/mol. The number of hydrogen-bond acceptors (Lipinski definition) is 8. The minimum absolute atomic E-state index is 0.0126. The van der Waals surface area contributed by atoms with E-state index in [2.05, 4.69) is 10.3 Å². The van der Waals surface area contributed by atoms with Gasteiger partial charge in [-0.1, -0.05) is 22.7 Å². The molecular weight excluding hydrogens is 390 g/mol. The quantitative estimate of drug-likeness (QED) is 0.287. The Balaban J connectivity index is 1.69. The van der Waals surface area contributed by atoms with Crippen LogP contribution in [0.1, 0.15) is 22.2 Å². The number of benzene rings is 1. The number of ether oxygens (including phenoxy) is 1. The Kier molecular flexibility index (Phi) is 5.57. The van der Waals surface area contributed by atoms with Crippen LogP contribution in [0, 0.1) is 10.1 Å². The van der Waals surface area contributed by atoms with E-state index in [1.54, 1.807) is 31.2 Å². The van der Waals surface area contributed by atoms with Crippen molar-refractivity contribution in [1.29, 1.82) is 0 Å². The van der Waals surface area contributed by atoms with Gasteiger partial charge in [-0.15, -0.1) is 0 Å². The SMILES string of the molecule is CCOC(=O)c1ccc2nc(NC(=O)C=Cc3ccc([N+](=O)[O-])s3)sc2c1. The van der Waals surface area contributed by atoms with E-state index in [-0.39, 0.29) is 5.00 Å². The van der Waals surface area contributed by atoms with Crippen LogP contribution in [0.2, 0.25) is 0 Å². The van der Waals surface area contributed by atoms with Gasteiger partial charge in [0.25, 0.3) is 0 Å². The molecule has 0 saturated heterocycles. The number of carbonyl (C=O) groups is 2. The van der Waals surface area contributed by atoms with Gasteiger partial charge in [0, 0.05) is 17.0 Å². The summed E-state index contributed by atoms with van der Waals surface area (Å²) in [7, 11) is 0. The molecule has 10 heteroatoms. The fourth-order valence-corrected chi connectivity index (χ4v) is 3.79. The van der Waals surface area contributed by atoms with Gasteiger partial charge in [0.05, 0.1) is 27.3 Å². The van der Waals surface area contributed by atoms with Gasteiger partial charge in [-0.25, -0.2) is 9.78 Å². The fourth-order valence-electron chi connectivity index (χ4n) is 2.15. The van der Waals surface area contributed by atoms with Gasteiger partial charge in [-0.2, -0.15) is 0 Å². The number of hydrogen-bond donors (Lipinski definition) is 1. The highest BCUT2D eigenvalue weighted by atomic mass is 32.1. The minimum Gasteiger partial charge on any atom is -0.462 e. The summed E-state index contributed by atoms with van der Waals surface area (Å²) in [6.07, 6.45) is 2.78. The van der Waals surface area contributed by atoms with Crippen LogP contribution < -0.4 is 5.32 Å². The van der Waals surface area contributed by atoms with Crippen LogP contribution in [0.4, 0.5) is 10.1 Å². The standard InChI is InChI=1S/C17H13N3O5S2/c1-2-25-16(22)10-3-6-12-13(9-10)27-17(18-12)19-14(21)7-4-11-5-8-15(26-11)20(23)24/h3-9H,2H2,1H3,(H,18,19,21). The van der Waals surface area contributed by atoms with Crippen LogP contribution in [0.25, 0.3) is 16.3 Å². The zero-order valence-electron chi connectivity index (χ0n) is 14.0. The number of anilines is 1. The van der Waals surface area contributed by atoms with Crippen LogP contribution in [0.5, 0.6) is 0 Å². The Labute approximate surface area is 161 Å². The second-order valence-corrected chi connectivity index (χ2v) is 7.30. The van der Waals surface area contributed by atoms with Gasteiger partial charge in [0.1, 0.15) is 0 Å². The third-order valence-corrected chi connectivity index (χ3v) is 5.26. The van der Waals surface area contributed by atoms with Crippen LogP contribution in [-0.4, -0.2) is 28.4 Å². The van der Waals surface area contributed by atoms with E-state index in [0.717, 1.165) is 16.0 Å². The van der Waals surface area contributed by atoms with E-state index in [1.807, 2.05) is 0 Å². The lowest BCUT2D eigenvalue weighted by Gasteiger charge is -2.00. The largest absolute Gasteiger partial charge is 0.462 e. The van der Waals surface area contributed by atoms with Crippen molar-refractivity contribution in [3.8, 4) is 0 Å². The van der Waals surface area contributed by atoms with Crippen molar-refractivity contribution in [2.45, 2.75) is 6.92 Å². The van der Waals surface area contributed by atoms with Gasteiger partial charge in [-0.3, -0.25) is 20.2 Å². The van der Waals surface area contributed by atoms with Crippen LogP contribution in [0.15, 0.2) is 36.4 Å². The predicted molar refractivity (Wildman–Crippen MR) is 104 cm³/mol. The summed E-state index contributed by atoms with van der Waals surface area (Å²) in [6, 6.07) is 7.93. The highest BCUT2D eigenvalue weighted by Gasteiger charge is 2.12. The van der Waals surface area contributed by atoms with E-state index in [1.165, 1.54) is 29.6 Å². The third-order valence-electron chi connectivity index (χ3n) is 3.32. The lowest BCUT2D eigenvalue weighted by molar-refractivity contribution is -0.380. The molecule has 2 heterocycles. The number of esters is 1. The summed E-state index contributed by atoms with van der Waals surface area (Å²) >= 11 is 2.21. The van der Waals surface area contributed by atoms with Crippen molar-refractivity contribution < 1.29 is 19.2 Å². The first kappa shape index (κ1) is 18.7. The second kappa shape index (κ2) is 8.06. The van der Waals surface area contributed by atoms with Gasteiger partial charge < -0.3 is 4.74 Å². The smallest absolute Gasteiger partial charge is 0.338 e. The average molecular weight is 403 g/mol. The van der Waals surface area contributed by atoms with Crippen LogP contribution in [-0.2, 0) is 9.53 Å². The molecule has 8 nitrogen and oxygen atoms in total. The summed E-state index contributed by atoms with van der Waals surface area (Å²) in [5, 5.41) is 13.7. The summed E-state index contributed by atoms with van der Waals surface area (Å²) < 4.78 is 5.71. The van der Waals surface area contributed by atoms with E-state index in [0.29, 0.717) is 27.7 Å². The minimum atomic E-state index is -0.478. The first-order valence-electron chi connectivity index (χ1n) is 7.77. The van der Waals surface area contributed by atoms with E-state index in [4.69, 9.17) is 4.74 Å². The van der Waals surface area contributed by atoms with E-state index < -0.39 is 16.8 Å². The highest BCUT2D eigenvalue weighted by Crippen LogP contribution is 2.28. The molecule has 1 N–H and O–H groups in total. The van der Waals surface area contributed by atoms with Crippen molar-refractivity contribution in [3.63, 3.8) is 0 Å². The number of nitrogens with zero attached hydrogens (tertiary/aromatic N) is 2. The van der Waals surface area contributed by atoms with Gasteiger partial charge >= 0.3 is 11.0 Å². The summed E-state index contributed by atoms with van der Waals surface area (Å²) in [4.78, 5) is 38.9. The Bertz CT molecular complexity index is 1050. The van der Waals surface area contributed by atoms with E-state index >= 15 is 0 Å². The summed E-state index contributed by atoms with van der Waals surface area (Å²) in [5.74, 6) is -0.818. The number of amides is 1. The first-order valence-corrected chi connectivity index (χ1v) is 9.40. The zero-order valence-corrected chi connectivity index (χ0v) is 15.6. The molecule has 3 rings (SSSR count). The van der Waals surface area contributed by atoms with Crippen LogP contribution >= 0.6 is 22.7 Å². The summed E-state index contributed by atoms with van der Waals surface area (Å²) in [5.41, 5.74) is 1.08. The Morgan fingerprint density at radius 3 is 2.81 bits per heavy atom.